The van der Waals surface area contributed by atoms with Gasteiger partial charge in [0.2, 0.25) is 0 Å². The first-order chi connectivity index (χ1) is 9.22. The van der Waals surface area contributed by atoms with E-state index in [9.17, 15) is 0 Å². The highest BCUT2D eigenvalue weighted by Crippen LogP contribution is 2.31. The molecule has 0 atom stereocenters. The molecule has 3 rings (SSSR count). The van der Waals surface area contributed by atoms with E-state index < -0.39 is 0 Å². The zero-order chi connectivity index (χ0) is 13.2. The Balaban J connectivity index is 1.78. The number of anilines is 1. The summed E-state index contributed by atoms with van der Waals surface area (Å²) >= 11 is 11.2. The number of rotatable bonds is 3. The van der Waals surface area contributed by atoms with E-state index in [4.69, 9.17) is 11.6 Å². The second-order valence-corrected chi connectivity index (χ2v) is 6.41. The molecule has 1 N–H and O–H groups in total. The molecule has 0 aliphatic carbocycles. The van der Waals surface area contributed by atoms with E-state index in [1.165, 1.54) is 5.56 Å². The minimum Gasteiger partial charge on any atom is -0.357 e. The molecule has 3 aromatic rings. The van der Waals surface area contributed by atoms with Gasteiger partial charge in [0.1, 0.15) is 0 Å². The molecule has 0 aliphatic rings. The lowest BCUT2D eigenvalue weighted by atomic mass is 10.2. The van der Waals surface area contributed by atoms with Crippen molar-refractivity contribution in [3.05, 3.63) is 57.5 Å². The van der Waals surface area contributed by atoms with Gasteiger partial charge in [0.05, 0.1) is 15.2 Å². The van der Waals surface area contributed by atoms with E-state index >= 15 is 0 Å². The first-order valence-electron chi connectivity index (χ1n) is 5.76. The zero-order valence-corrected chi connectivity index (χ0v) is 13.0. The van der Waals surface area contributed by atoms with Crippen LogP contribution in [0.15, 0.2) is 46.9 Å². The summed E-state index contributed by atoms with van der Waals surface area (Å²) in [5.74, 6) is 0. The summed E-state index contributed by atoms with van der Waals surface area (Å²) in [5.41, 5.74) is 2.16. The van der Waals surface area contributed by atoms with Crippen LogP contribution in [0.1, 0.15) is 5.56 Å². The fourth-order valence-corrected chi connectivity index (χ4v) is 3.19. The van der Waals surface area contributed by atoms with E-state index in [-0.39, 0.29) is 0 Å². The average Bonchev–Trinajstić information content (AvgIpc) is 2.83. The Labute approximate surface area is 128 Å². The second-order valence-electron chi connectivity index (χ2n) is 4.09. The molecule has 0 spiro atoms. The van der Waals surface area contributed by atoms with Gasteiger partial charge in [-0.1, -0.05) is 57.1 Å². The molecule has 19 heavy (non-hydrogen) atoms. The second kappa shape index (κ2) is 5.49. The van der Waals surface area contributed by atoms with Crippen LogP contribution in [0.25, 0.3) is 10.2 Å². The SMILES string of the molecule is Clc1cccc2nc(NCc3ccc(Br)cc3)sc12. The van der Waals surface area contributed by atoms with Gasteiger partial charge in [-0.25, -0.2) is 4.98 Å². The fourth-order valence-electron chi connectivity index (χ4n) is 1.77. The predicted octanol–water partition coefficient (Wildman–Crippen LogP) is 5.32. The normalized spacial score (nSPS) is 10.8. The number of hydrogen-bond donors (Lipinski definition) is 1. The van der Waals surface area contributed by atoms with E-state index in [1.54, 1.807) is 11.3 Å². The summed E-state index contributed by atoms with van der Waals surface area (Å²) in [5, 5.41) is 4.98. The van der Waals surface area contributed by atoms with E-state index in [1.807, 2.05) is 30.3 Å². The molecule has 2 nitrogen and oxygen atoms in total. The third-order valence-electron chi connectivity index (χ3n) is 2.72. The van der Waals surface area contributed by atoms with Crippen LogP contribution in [0.3, 0.4) is 0 Å². The molecule has 0 radical (unpaired) electrons. The molecule has 0 fully saturated rings. The van der Waals surface area contributed by atoms with Gasteiger partial charge >= 0.3 is 0 Å². The molecule has 0 aliphatic heterocycles. The molecule has 0 saturated carbocycles. The quantitative estimate of drug-likeness (QED) is 0.689. The molecular weight excluding hydrogens is 344 g/mol. The van der Waals surface area contributed by atoms with E-state index in [2.05, 4.69) is 38.4 Å². The highest BCUT2D eigenvalue weighted by Gasteiger charge is 2.06. The van der Waals surface area contributed by atoms with Crippen LogP contribution in [0.2, 0.25) is 5.02 Å². The van der Waals surface area contributed by atoms with Gasteiger partial charge in [-0.15, -0.1) is 0 Å². The van der Waals surface area contributed by atoms with Crippen molar-refractivity contribution in [2.45, 2.75) is 6.54 Å². The lowest BCUT2D eigenvalue weighted by molar-refractivity contribution is 1.14. The lowest BCUT2D eigenvalue weighted by Gasteiger charge is -2.02. The van der Waals surface area contributed by atoms with Crippen LogP contribution in [-0.4, -0.2) is 4.98 Å². The standard InChI is InChI=1S/C14H10BrClN2S/c15-10-6-4-9(5-7-10)8-17-14-18-12-3-1-2-11(16)13(12)19-14/h1-7H,8H2,(H,17,18). The number of thiazole rings is 1. The number of hydrogen-bond acceptors (Lipinski definition) is 3. The lowest BCUT2D eigenvalue weighted by Crippen LogP contribution is -1.98. The van der Waals surface area contributed by atoms with Gasteiger partial charge < -0.3 is 5.32 Å². The number of benzene rings is 2. The van der Waals surface area contributed by atoms with Crippen LogP contribution in [0.4, 0.5) is 5.13 Å². The molecule has 1 aromatic heterocycles. The summed E-state index contributed by atoms with van der Waals surface area (Å²) in [4.78, 5) is 4.52. The summed E-state index contributed by atoms with van der Waals surface area (Å²) in [6.07, 6.45) is 0. The molecule has 96 valence electrons. The summed E-state index contributed by atoms with van der Waals surface area (Å²) in [7, 11) is 0. The molecule has 0 unspecified atom stereocenters. The minimum absolute atomic E-state index is 0.755. The third kappa shape index (κ3) is 2.91. The summed E-state index contributed by atoms with van der Waals surface area (Å²) < 4.78 is 2.12. The smallest absolute Gasteiger partial charge is 0.184 e. The minimum atomic E-state index is 0.755. The summed E-state index contributed by atoms with van der Waals surface area (Å²) in [6, 6.07) is 14.0. The van der Waals surface area contributed by atoms with E-state index in [0.29, 0.717) is 0 Å². The van der Waals surface area contributed by atoms with Crippen LogP contribution >= 0.6 is 38.9 Å². The number of nitrogens with one attached hydrogen (secondary N) is 1. The highest BCUT2D eigenvalue weighted by molar-refractivity contribution is 9.10. The fraction of sp³-hybridized carbons (Fsp3) is 0.0714. The predicted molar refractivity (Wildman–Crippen MR) is 86.1 cm³/mol. The van der Waals surface area contributed by atoms with Crippen molar-refractivity contribution in [1.82, 2.24) is 4.98 Å². The number of halogens is 2. The van der Waals surface area contributed by atoms with Gasteiger partial charge in [0.15, 0.2) is 5.13 Å². The van der Waals surface area contributed by atoms with Crippen LogP contribution in [-0.2, 0) is 6.54 Å². The van der Waals surface area contributed by atoms with Gasteiger partial charge in [0.25, 0.3) is 0 Å². The molecule has 0 bridgehead atoms. The molecule has 2 aromatic carbocycles. The Kier molecular flexibility index (Phi) is 3.73. The van der Waals surface area contributed by atoms with E-state index in [0.717, 1.165) is 31.4 Å². The van der Waals surface area contributed by atoms with Crippen molar-refractivity contribution < 1.29 is 0 Å². The van der Waals surface area contributed by atoms with Crippen LogP contribution in [0.5, 0.6) is 0 Å². The van der Waals surface area contributed by atoms with Crippen molar-refractivity contribution in [3.63, 3.8) is 0 Å². The highest BCUT2D eigenvalue weighted by atomic mass is 79.9. The molecule has 5 heteroatoms. The maximum Gasteiger partial charge on any atom is 0.184 e. The topological polar surface area (TPSA) is 24.9 Å². The number of nitrogens with zero attached hydrogens (tertiary/aromatic N) is 1. The van der Waals surface area contributed by atoms with Crippen molar-refractivity contribution >= 4 is 54.2 Å². The summed E-state index contributed by atoms with van der Waals surface area (Å²) in [6.45, 7) is 0.755. The maximum absolute atomic E-state index is 6.14. The Hall–Kier alpha value is -1.10. The van der Waals surface area contributed by atoms with Gasteiger partial charge in [-0.05, 0) is 29.8 Å². The molecular formula is C14H10BrClN2S. The van der Waals surface area contributed by atoms with Gasteiger partial charge in [-0.2, -0.15) is 0 Å². The maximum atomic E-state index is 6.14. The Morgan fingerprint density at radius 2 is 1.95 bits per heavy atom. The van der Waals surface area contributed by atoms with Gasteiger partial charge in [0, 0.05) is 11.0 Å². The first-order valence-corrected chi connectivity index (χ1v) is 7.74. The molecule has 0 saturated heterocycles. The number of aromatic nitrogens is 1. The zero-order valence-electron chi connectivity index (χ0n) is 9.86. The van der Waals surface area contributed by atoms with Crippen molar-refractivity contribution in [2.24, 2.45) is 0 Å². The third-order valence-corrected chi connectivity index (χ3v) is 4.74. The van der Waals surface area contributed by atoms with Crippen LogP contribution < -0.4 is 5.32 Å². The largest absolute Gasteiger partial charge is 0.357 e. The van der Waals surface area contributed by atoms with Gasteiger partial charge in [-0.3, -0.25) is 0 Å². The van der Waals surface area contributed by atoms with Crippen molar-refractivity contribution in [2.75, 3.05) is 5.32 Å². The Morgan fingerprint density at radius 1 is 1.16 bits per heavy atom. The first kappa shape index (κ1) is 12.9. The van der Waals surface area contributed by atoms with Crippen molar-refractivity contribution in [3.8, 4) is 0 Å². The molecule has 1 heterocycles. The average molecular weight is 354 g/mol. The number of fused-ring (bicyclic) bond motifs is 1. The monoisotopic (exact) mass is 352 g/mol. The Morgan fingerprint density at radius 3 is 2.68 bits per heavy atom. The Bertz CT molecular complexity index is 709. The van der Waals surface area contributed by atoms with Crippen LogP contribution in [0, 0.1) is 0 Å². The van der Waals surface area contributed by atoms with Crippen molar-refractivity contribution in [1.29, 1.82) is 0 Å². The molecule has 0 amide bonds.